The van der Waals surface area contributed by atoms with Gasteiger partial charge in [-0.2, -0.15) is 5.26 Å². The molecule has 0 aromatic heterocycles. The largest absolute Gasteiger partial charge is 0.310 e. The summed E-state index contributed by atoms with van der Waals surface area (Å²) in [5, 5.41) is 8.77. The van der Waals surface area contributed by atoms with Crippen molar-refractivity contribution in [3.63, 3.8) is 0 Å². The molecule has 0 radical (unpaired) electrons. The second-order valence-corrected chi connectivity index (χ2v) is 5.33. The average molecular weight is 257 g/mol. The highest BCUT2D eigenvalue weighted by atomic mass is 16.2. The molecule has 0 bridgehead atoms. The highest BCUT2D eigenvalue weighted by Gasteiger charge is 2.25. The van der Waals surface area contributed by atoms with E-state index >= 15 is 0 Å². The van der Waals surface area contributed by atoms with Crippen LogP contribution >= 0.6 is 0 Å². The number of rotatable bonds is 3. The van der Waals surface area contributed by atoms with Crippen LogP contribution in [0.5, 0.6) is 0 Å². The summed E-state index contributed by atoms with van der Waals surface area (Å²) in [5.41, 5.74) is 1.50. The topological polar surface area (TPSA) is 47.3 Å². The van der Waals surface area contributed by atoms with Gasteiger partial charge in [-0.1, -0.05) is 13.8 Å². The second-order valence-electron chi connectivity index (χ2n) is 5.33. The zero-order chi connectivity index (χ0) is 13.8. The molecule has 0 N–H and O–H groups in total. The molecule has 1 aliphatic heterocycles. The van der Waals surface area contributed by atoms with Crippen LogP contribution in [0.3, 0.4) is 0 Å². The molecule has 1 amide bonds. The zero-order valence-electron chi connectivity index (χ0n) is 11.5. The molecule has 100 valence electrons. The summed E-state index contributed by atoms with van der Waals surface area (Å²) in [5.74, 6) is 0.714. The van der Waals surface area contributed by atoms with Gasteiger partial charge < -0.3 is 4.90 Å². The molecule has 0 atom stereocenters. The molecule has 19 heavy (non-hydrogen) atoms. The molecule has 1 saturated heterocycles. The minimum Gasteiger partial charge on any atom is -0.310 e. The summed E-state index contributed by atoms with van der Waals surface area (Å²) in [6, 6.07) is 9.28. The maximum atomic E-state index is 12.2. The zero-order valence-corrected chi connectivity index (χ0v) is 11.5. The number of carbonyl (C=O) groups excluding carboxylic acids is 1. The van der Waals surface area contributed by atoms with E-state index in [2.05, 4.69) is 24.8 Å². The monoisotopic (exact) mass is 257 g/mol. The van der Waals surface area contributed by atoms with Crippen molar-refractivity contribution in [2.45, 2.75) is 13.8 Å². The van der Waals surface area contributed by atoms with Crippen LogP contribution in [-0.4, -0.2) is 37.0 Å². The molecule has 1 aromatic rings. The van der Waals surface area contributed by atoms with Gasteiger partial charge >= 0.3 is 0 Å². The SMILES string of the molecule is CC(C)CN1CCN(c2ccc(C#N)cc2)C(=O)C1. The van der Waals surface area contributed by atoms with Gasteiger partial charge in [0.15, 0.2) is 0 Å². The minimum absolute atomic E-state index is 0.136. The van der Waals surface area contributed by atoms with E-state index in [9.17, 15) is 4.79 Å². The van der Waals surface area contributed by atoms with E-state index in [-0.39, 0.29) is 5.91 Å². The number of piperazine rings is 1. The summed E-state index contributed by atoms with van der Waals surface area (Å²) in [7, 11) is 0. The smallest absolute Gasteiger partial charge is 0.241 e. The normalized spacial score (nSPS) is 16.7. The fourth-order valence-corrected chi connectivity index (χ4v) is 2.38. The number of benzene rings is 1. The third kappa shape index (κ3) is 3.33. The third-order valence-corrected chi connectivity index (χ3v) is 3.23. The van der Waals surface area contributed by atoms with Gasteiger partial charge in [0, 0.05) is 25.3 Å². The molecule has 2 rings (SSSR count). The molecule has 1 aliphatic rings. The lowest BCUT2D eigenvalue weighted by molar-refractivity contribution is -0.121. The number of carbonyl (C=O) groups is 1. The molecule has 0 unspecified atom stereocenters. The van der Waals surface area contributed by atoms with Crippen molar-refractivity contribution >= 4 is 11.6 Å². The van der Waals surface area contributed by atoms with Gasteiger partial charge in [0.1, 0.15) is 0 Å². The molecule has 1 fully saturated rings. The van der Waals surface area contributed by atoms with Gasteiger partial charge in [0.05, 0.1) is 18.2 Å². The Balaban J connectivity index is 2.03. The van der Waals surface area contributed by atoms with Gasteiger partial charge in [0.25, 0.3) is 0 Å². The first-order valence-electron chi connectivity index (χ1n) is 6.63. The predicted molar refractivity (Wildman–Crippen MR) is 74.8 cm³/mol. The van der Waals surface area contributed by atoms with E-state index in [1.54, 1.807) is 17.0 Å². The summed E-state index contributed by atoms with van der Waals surface area (Å²) >= 11 is 0. The van der Waals surface area contributed by atoms with Gasteiger partial charge in [-0.3, -0.25) is 9.69 Å². The highest BCUT2D eigenvalue weighted by molar-refractivity contribution is 5.95. The van der Waals surface area contributed by atoms with E-state index in [4.69, 9.17) is 5.26 Å². The van der Waals surface area contributed by atoms with E-state index in [0.717, 1.165) is 25.3 Å². The molecule has 0 spiro atoms. The van der Waals surface area contributed by atoms with E-state index in [0.29, 0.717) is 18.0 Å². The highest BCUT2D eigenvalue weighted by Crippen LogP contribution is 2.18. The molecule has 4 heteroatoms. The average Bonchev–Trinajstić information content (AvgIpc) is 2.38. The molecule has 0 aliphatic carbocycles. The lowest BCUT2D eigenvalue weighted by Crippen LogP contribution is -2.51. The Bertz CT molecular complexity index is 487. The number of hydrogen-bond donors (Lipinski definition) is 0. The van der Waals surface area contributed by atoms with Crippen LogP contribution in [-0.2, 0) is 4.79 Å². The first kappa shape index (κ1) is 13.6. The van der Waals surface area contributed by atoms with Gasteiger partial charge in [-0.05, 0) is 30.2 Å². The maximum absolute atomic E-state index is 12.2. The van der Waals surface area contributed by atoms with Crippen LogP contribution in [0.25, 0.3) is 0 Å². The molecular formula is C15H19N3O. The van der Waals surface area contributed by atoms with Crippen molar-refractivity contribution in [1.82, 2.24) is 4.90 Å². The van der Waals surface area contributed by atoms with Crippen molar-refractivity contribution in [2.75, 3.05) is 31.1 Å². The second kappa shape index (κ2) is 5.85. The quantitative estimate of drug-likeness (QED) is 0.830. The summed E-state index contributed by atoms with van der Waals surface area (Å²) in [6.45, 7) is 7.40. The van der Waals surface area contributed by atoms with E-state index in [1.165, 1.54) is 0 Å². The molecule has 4 nitrogen and oxygen atoms in total. The minimum atomic E-state index is 0.136. The Morgan fingerprint density at radius 1 is 1.26 bits per heavy atom. The van der Waals surface area contributed by atoms with Crippen molar-refractivity contribution < 1.29 is 4.79 Å². The molecule has 1 aromatic carbocycles. The van der Waals surface area contributed by atoms with Gasteiger partial charge in [0.2, 0.25) is 5.91 Å². The van der Waals surface area contributed by atoms with Crippen LogP contribution in [0.2, 0.25) is 0 Å². The fourth-order valence-electron chi connectivity index (χ4n) is 2.38. The third-order valence-electron chi connectivity index (χ3n) is 3.23. The lowest BCUT2D eigenvalue weighted by atomic mass is 10.1. The Morgan fingerprint density at radius 2 is 1.95 bits per heavy atom. The molecule has 0 saturated carbocycles. The first-order valence-corrected chi connectivity index (χ1v) is 6.63. The fraction of sp³-hybridized carbons (Fsp3) is 0.467. The molecular weight excluding hydrogens is 238 g/mol. The van der Waals surface area contributed by atoms with E-state index in [1.807, 2.05) is 12.1 Å². The summed E-state index contributed by atoms with van der Waals surface area (Å²) in [4.78, 5) is 16.2. The lowest BCUT2D eigenvalue weighted by Gasteiger charge is -2.35. The van der Waals surface area contributed by atoms with Gasteiger partial charge in [-0.15, -0.1) is 0 Å². The van der Waals surface area contributed by atoms with Crippen LogP contribution in [0, 0.1) is 17.2 Å². The Morgan fingerprint density at radius 3 is 2.47 bits per heavy atom. The maximum Gasteiger partial charge on any atom is 0.241 e. The number of nitrogens with zero attached hydrogens (tertiary/aromatic N) is 3. The number of anilines is 1. The Labute approximate surface area is 114 Å². The van der Waals surface area contributed by atoms with Gasteiger partial charge in [-0.25, -0.2) is 0 Å². The number of amides is 1. The van der Waals surface area contributed by atoms with Crippen LogP contribution in [0.1, 0.15) is 19.4 Å². The Hall–Kier alpha value is -1.86. The predicted octanol–water partition coefficient (Wildman–Crippen LogP) is 1.86. The Kier molecular flexibility index (Phi) is 4.18. The van der Waals surface area contributed by atoms with Crippen LogP contribution < -0.4 is 4.90 Å². The van der Waals surface area contributed by atoms with Crippen molar-refractivity contribution in [2.24, 2.45) is 5.92 Å². The summed E-state index contributed by atoms with van der Waals surface area (Å²) in [6.07, 6.45) is 0. The van der Waals surface area contributed by atoms with Crippen molar-refractivity contribution in [3.8, 4) is 6.07 Å². The number of nitriles is 1. The van der Waals surface area contributed by atoms with Crippen molar-refractivity contribution in [3.05, 3.63) is 29.8 Å². The summed E-state index contributed by atoms with van der Waals surface area (Å²) < 4.78 is 0. The van der Waals surface area contributed by atoms with Crippen molar-refractivity contribution in [1.29, 1.82) is 5.26 Å². The first-order chi connectivity index (χ1) is 9.10. The van der Waals surface area contributed by atoms with Crippen LogP contribution in [0.4, 0.5) is 5.69 Å². The van der Waals surface area contributed by atoms with Crippen LogP contribution in [0.15, 0.2) is 24.3 Å². The van der Waals surface area contributed by atoms with E-state index < -0.39 is 0 Å². The molecule has 1 heterocycles. The standard InChI is InChI=1S/C15H19N3O/c1-12(2)10-17-7-8-18(15(19)11-17)14-5-3-13(9-16)4-6-14/h3-6,12H,7-8,10-11H2,1-2H3. The number of hydrogen-bond acceptors (Lipinski definition) is 3.